The van der Waals surface area contributed by atoms with Crippen molar-refractivity contribution in [3.63, 3.8) is 0 Å². The zero-order valence-corrected chi connectivity index (χ0v) is 12.0. The number of aliphatic imine (C=N–C) groups is 1. The molecule has 0 saturated heterocycles. The van der Waals surface area contributed by atoms with Crippen LogP contribution in [0.3, 0.4) is 0 Å². The summed E-state index contributed by atoms with van der Waals surface area (Å²) in [4.78, 5) is 23.5. The third-order valence-electron chi connectivity index (χ3n) is 2.85. The lowest BCUT2D eigenvalue weighted by Crippen LogP contribution is -1.91. The molecule has 0 unspecified atom stereocenters. The van der Waals surface area contributed by atoms with Gasteiger partial charge in [0.1, 0.15) is 0 Å². The van der Waals surface area contributed by atoms with Crippen LogP contribution in [0, 0.1) is 0 Å². The van der Waals surface area contributed by atoms with Crippen LogP contribution in [0.4, 0.5) is 17.1 Å². The third-order valence-corrected chi connectivity index (χ3v) is 2.85. The van der Waals surface area contributed by atoms with E-state index < -0.39 is 11.9 Å². The van der Waals surface area contributed by atoms with Crippen molar-refractivity contribution in [2.75, 3.05) is 5.32 Å². The highest BCUT2D eigenvalue weighted by molar-refractivity contribution is 5.95. The van der Waals surface area contributed by atoms with Crippen LogP contribution >= 0.6 is 0 Å². The van der Waals surface area contributed by atoms with Crippen LogP contribution in [0.2, 0.25) is 0 Å². The number of hydrogen-bond acceptors (Lipinski definition) is 4. The molecule has 2 aromatic carbocycles. The summed E-state index contributed by atoms with van der Waals surface area (Å²) in [5, 5.41) is 19.0. The van der Waals surface area contributed by atoms with E-state index in [0.29, 0.717) is 12.2 Å². The molecule has 0 bridgehead atoms. The fourth-order valence-electron chi connectivity index (χ4n) is 1.84. The lowest BCUT2D eigenvalue weighted by molar-refractivity contribution is -0.134. The van der Waals surface area contributed by atoms with Crippen molar-refractivity contribution in [3.05, 3.63) is 66.2 Å². The molecule has 6 nitrogen and oxygen atoms in total. The number of aliphatic carboxylic acids is 2. The topological polar surface area (TPSA) is 99.0 Å². The number of nitrogens with one attached hydrogen (secondary N) is 1. The monoisotopic (exact) mass is 310 g/mol. The maximum Gasteiger partial charge on any atom is 0.328 e. The van der Waals surface area contributed by atoms with E-state index >= 15 is 0 Å². The summed E-state index contributed by atoms with van der Waals surface area (Å²) in [6, 6.07) is 16.2. The van der Waals surface area contributed by atoms with Gasteiger partial charge >= 0.3 is 11.9 Å². The minimum Gasteiger partial charge on any atom is -0.478 e. The minimum atomic E-state index is -1.26. The van der Waals surface area contributed by atoms with Gasteiger partial charge in [0.25, 0.3) is 0 Å². The molecule has 2 aromatic rings. The van der Waals surface area contributed by atoms with Crippen LogP contribution in [-0.4, -0.2) is 28.4 Å². The highest BCUT2D eigenvalue weighted by atomic mass is 16.4. The van der Waals surface area contributed by atoms with Gasteiger partial charge in [0.05, 0.1) is 11.4 Å². The molecule has 116 valence electrons. The average molecular weight is 310 g/mol. The number of carboxylic acid groups (broad SMARTS) is 2. The Hall–Kier alpha value is -3.41. The number of fused-ring (bicyclic) bond motifs is 2. The number of rotatable bonds is 2. The number of carboxylic acids is 2. The van der Waals surface area contributed by atoms with Gasteiger partial charge < -0.3 is 15.5 Å². The van der Waals surface area contributed by atoms with Gasteiger partial charge in [-0.1, -0.05) is 30.3 Å². The summed E-state index contributed by atoms with van der Waals surface area (Å²) >= 11 is 0. The van der Waals surface area contributed by atoms with Crippen LogP contribution < -0.4 is 5.32 Å². The molecule has 0 amide bonds. The second-order valence-corrected chi connectivity index (χ2v) is 4.50. The van der Waals surface area contributed by atoms with E-state index in [1.807, 2.05) is 42.6 Å². The van der Waals surface area contributed by atoms with Crippen LogP contribution in [0.25, 0.3) is 0 Å². The standard InChI is InChI=1S/C13H10N2.C4H4O4/c1-2-6-11-10(5-1)9-14-12-7-3-4-8-13(12)15-11;5-3(6)1-2-4(7)8/h1-9,15H;1-2H,(H,5,6)(H,7,8). The molecular formula is C17H14N2O4. The molecule has 0 aliphatic carbocycles. The zero-order chi connectivity index (χ0) is 16.7. The largest absolute Gasteiger partial charge is 0.478 e. The van der Waals surface area contributed by atoms with Crippen molar-refractivity contribution >= 4 is 35.2 Å². The van der Waals surface area contributed by atoms with Crippen molar-refractivity contribution in [2.45, 2.75) is 0 Å². The van der Waals surface area contributed by atoms with Crippen molar-refractivity contribution in [1.29, 1.82) is 0 Å². The Balaban J connectivity index is 0.000000207. The first kappa shape index (κ1) is 16.0. The summed E-state index contributed by atoms with van der Waals surface area (Å²) in [6.45, 7) is 0. The van der Waals surface area contributed by atoms with Crippen molar-refractivity contribution in [2.24, 2.45) is 4.99 Å². The number of nitrogens with zero attached hydrogens (tertiary/aromatic N) is 1. The molecule has 23 heavy (non-hydrogen) atoms. The summed E-state index contributed by atoms with van der Waals surface area (Å²) in [6.07, 6.45) is 3.01. The zero-order valence-electron chi connectivity index (χ0n) is 12.0. The van der Waals surface area contributed by atoms with Crippen LogP contribution in [0.15, 0.2) is 65.7 Å². The maximum absolute atomic E-state index is 9.55. The number of para-hydroxylation sites is 3. The Morgan fingerprint density at radius 3 is 2.09 bits per heavy atom. The van der Waals surface area contributed by atoms with Crippen molar-refractivity contribution in [1.82, 2.24) is 0 Å². The quantitative estimate of drug-likeness (QED) is 0.631. The van der Waals surface area contributed by atoms with E-state index in [0.717, 1.165) is 22.6 Å². The number of benzene rings is 2. The summed E-state index contributed by atoms with van der Waals surface area (Å²) in [7, 11) is 0. The Kier molecular flexibility index (Phi) is 5.25. The Labute approximate surface area is 132 Å². The van der Waals surface area contributed by atoms with Crippen LogP contribution in [0.1, 0.15) is 5.56 Å². The molecule has 0 aromatic heterocycles. The second-order valence-electron chi connectivity index (χ2n) is 4.50. The van der Waals surface area contributed by atoms with Gasteiger partial charge in [0.15, 0.2) is 0 Å². The van der Waals surface area contributed by atoms with Gasteiger partial charge in [-0.05, 0) is 18.2 Å². The van der Waals surface area contributed by atoms with Crippen LogP contribution in [-0.2, 0) is 9.59 Å². The van der Waals surface area contributed by atoms with Gasteiger partial charge in [-0.15, -0.1) is 0 Å². The smallest absolute Gasteiger partial charge is 0.328 e. The lowest BCUT2D eigenvalue weighted by atomic mass is 10.2. The van der Waals surface area contributed by atoms with Gasteiger partial charge in [-0.3, -0.25) is 4.99 Å². The SMILES string of the molecule is C1=Nc2ccccc2Nc2ccccc21.O=C(O)C=CC(=O)O. The molecule has 1 aliphatic heterocycles. The maximum atomic E-state index is 9.55. The van der Waals surface area contributed by atoms with E-state index in [1.165, 1.54) is 0 Å². The highest BCUT2D eigenvalue weighted by Gasteiger charge is 2.06. The Morgan fingerprint density at radius 2 is 1.43 bits per heavy atom. The fraction of sp³-hybridized carbons (Fsp3) is 0. The number of anilines is 2. The molecule has 0 saturated carbocycles. The van der Waals surface area contributed by atoms with E-state index in [9.17, 15) is 9.59 Å². The molecule has 0 fully saturated rings. The predicted molar refractivity (Wildman–Crippen MR) is 87.8 cm³/mol. The van der Waals surface area contributed by atoms with E-state index in [2.05, 4.69) is 22.4 Å². The molecule has 1 heterocycles. The fourth-order valence-corrected chi connectivity index (χ4v) is 1.84. The molecular weight excluding hydrogens is 296 g/mol. The first-order valence-corrected chi connectivity index (χ1v) is 6.69. The summed E-state index contributed by atoms with van der Waals surface area (Å²) in [5.41, 5.74) is 4.26. The minimum absolute atomic E-state index is 0.558. The molecule has 0 radical (unpaired) electrons. The Morgan fingerprint density at radius 1 is 0.870 bits per heavy atom. The number of hydrogen-bond donors (Lipinski definition) is 3. The van der Waals surface area contributed by atoms with Crippen LogP contribution in [0.5, 0.6) is 0 Å². The predicted octanol–water partition coefficient (Wildman–Crippen LogP) is 3.21. The van der Waals surface area contributed by atoms with E-state index in [4.69, 9.17) is 10.2 Å². The highest BCUT2D eigenvalue weighted by Crippen LogP contribution is 2.31. The van der Waals surface area contributed by atoms with E-state index in [-0.39, 0.29) is 0 Å². The molecule has 3 rings (SSSR count). The molecule has 6 heteroatoms. The second kappa shape index (κ2) is 7.56. The van der Waals surface area contributed by atoms with Crippen molar-refractivity contribution < 1.29 is 19.8 Å². The van der Waals surface area contributed by atoms with Gasteiger partial charge in [0.2, 0.25) is 0 Å². The molecule has 1 aliphatic rings. The molecule has 0 spiro atoms. The van der Waals surface area contributed by atoms with E-state index in [1.54, 1.807) is 0 Å². The van der Waals surface area contributed by atoms with Gasteiger partial charge in [0, 0.05) is 29.6 Å². The first-order valence-electron chi connectivity index (χ1n) is 6.69. The lowest BCUT2D eigenvalue weighted by Gasteiger charge is -2.07. The van der Waals surface area contributed by atoms with Gasteiger partial charge in [-0.25, -0.2) is 9.59 Å². The summed E-state index contributed by atoms with van der Waals surface area (Å²) in [5.74, 6) is -2.51. The van der Waals surface area contributed by atoms with Crippen molar-refractivity contribution in [3.8, 4) is 0 Å². The Bertz CT molecular complexity index is 718. The summed E-state index contributed by atoms with van der Waals surface area (Å²) < 4.78 is 0. The first-order chi connectivity index (χ1) is 11.1. The third kappa shape index (κ3) is 4.82. The molecule has 0 atom stereocenters. The average Bonchev–Trinajstić information content (AvgIpc) is 2.72. The normalized spacial score (nSPS) is 11.3. The number of carbonyl (C=O) groups is 2. The van der Waals surface area contributed by atoms with Gasteiger partial charge in [-0.2, -0.15) is 0 Å². The molecule has 3 N–H and O–H groups in total.